The second-order valence-electron chi connectivity index (χ2n) is 5.89. The zero-order valence-corrected chi connectivity index (χ0v) is 11.5. The average molecular weight is 269 g/mol. The van der Waals surface area contributed by atoms with Gasteiger partial charge in [-0.25, -0.2) is 8.78 Å². The molecule has 0 aromatic heterocycles. The summed E-state index contributed by atoms with van der Waals surface area (Å²) in [5, 5.41) is 9.46. The molecule has 0 radical (unpaired) electrons. The van der Waals surface area contributed by atoms with Crippen LogP contribution in [0.1, 0.15) is 38.3 Å². The maximum atomic E-state index is 13.3. The molecule has 2 atom stereocenters. The number of halogens is 2. The smallest absolute Gasteiger partial charge is 0.159 e. The van der Waals surface area contributed by atoms with Gasteiger partial charge in [0, 0.05) is 24.6 Å². The number of hydrogen-bond donors (Lipinski definition) is 1. The monoisotopic (exact) mass is 269 g/mol. The van der Waals surface area contributed by atoms with E-state index in [-0.39, 0.29) is 18.1 Å². The molecule has 1 aliphatic rings. The lowest BCUT2D eigenvalue weighted by atomic mass is 9.82. The summed E-state index contributed by atoms with van der Waals surface area (Å²) in [6.45, 7) is 5.93. The number of likely N-dealkylation sites (tertiary alicyclic amines) is 1. The molecular formula is C15H21F2NO. The van der Waals surface area contributed by atoms with Crippen LogP contribution in [0.2, 0.25) is 0 Å². The zero-order chi connectivity index (χ0) is 14.0. The Labute approximate surface area is 113 Å². The van der Waals surface area contributed by atoms with Crippen LogP contribution in [0.5, 0.6) is 0 Å². The first-order chi connectivity index (χ1) is 8.95. The molecule has 19 heavy (non-hydrogen) atoms. The first-order valence-corrected chi connectivity index (χ1v) is 6.75. The van der Waals surface area contributed by atoms with E-state index in [4.69, 9.17) is 0 Å². The zero-order valence-electron chi connectivity index (χ0n) is 11.5. The fraction of sp³-hybridized carbons (Fsp3) is 0.600. The Kier molecular flexibility index (Phi) is 4.21. The molecule has 1 aliphatic heterocycles. The topological polar surface area (TPSA) is 23.5 Å². The predicted molar refractivity (Wildman–Crippen MR) is 70.8 cm³/mol. The number of hydrogen-bond acceptors (Lipinski definition) is 2. The van der Waals surface area contributed by atoms with Crippen LogP contribution in [-0.4, -0.2) is 29.7 Å². The second kappa shape index (κ2) is 5.55. The van der Waals surface area contributed by atoms with Crippen LogP contribution in [0.3, 0.4) is 0 Å². The minimum atomic E-state index is -0.810. The molecule has 1 saturated heterocycles. The lowest BCUT2D eigenvalue weighted by molar-refractivity contribution is 0.0280. The van der Waals surface area contributed by atoms with Gasteiger partial charge in [-0.3, -0.25) is 4.90 Å². The Balaban J connectivity index is 2.14. The van der Waals surface area contributed by atoms with Crippen molar-refractivity contribution in [2.24, 2.45) is 5.41 Å². The number of piperidine rings is 1. The fourth-order valence-corrected chi connectivity index (χ4v) is 2.80. The molecule has 2 unspecified atom stereocenters. The van der Waals surface area contributed by atoms with Gasteiger partial charge in [-0.15, -0.1) is 0 Å². The maximum absolute atomic E-state index is 13.3. The van der Waals surface area contributed by atoms with Crippen molar-refractivity contribution in [1.82, 2.24) is 4.90 Å². The summed E-state index contributed by atoms with van der Waals surface area (Å²) in [6.07, 6.45) is 2.02. The standard InChI is InChI=1S/C15H21F2NO/c1-11(12-4-5-13(16)14(17)8-12)18-7-3-6-15(2,9-18)10-19/h4-5,8,11,19H,3,6-7,9-10H2,1-2H3. The number of aliphatic hydroxyl groups excluding tert-OH is 1. The Morgan fingerprint density at radius 1 is 1.37 bits per heavy atom. The van der Waals surface area contributed by atoms with E-state index in [2.05, 4.69) is 11.8 Å². The molecular weight excluding hydrogens is 248 g/mol. The lowest BCUT2D eigenvalue weighted by Gasteiger charge is -2.42. The van der Waals surface area contributed by atoms with Crippen LogP contribution < -0.4 is 0 Å². The summed E-state index contributed by atoms with van der Waals surface area (Å²) in [5.74, 6) is -1.61. The van der Waals surface area contributed by atoms with Crippen molar-refractivity contribution in [3.05, 3.63) is 35.4 Å². The minimum absolute atomic E-state index is 0.0290. The lowest BCUT2D eigenvalue weighted by Crippen LogP contribution is -2.44. The molecule has 1 aromatic rings. The van der Waals surface area contributed by atoms with E-state index in [1.54, 1.807) is 6.07 Å². The van der Waals surface area contributed by atoms with Crippen LogP contribution in [0.4, 0.5) is 8.78 Å². The van der Waals surface area contributed by atoms with Gasteiger partial charge in [0.05, 0.1) is 0 Å². The molecule has 106 valence electrons. The van der Waals surface area contributed by atoms with Crippen molar-refractivity contribution in [1.29, 1.82) is 0 Å². The highest BCUT2D eigenvalue weighted by Gasteiger charge is 2.32. The quantitative estimate of drug-likeness (QED) is 0.911. The van der Waals surface area contributed by atoms with Gasteiger partial charge in [0.25, 0.3) is 0 Å². The summed E-state index contributed by atoms with van der Waals surface area (Å²) in [5.41, 5.74) is 0.687. The van der Waals surface area contributed by atoms with Crippen LogP contribution in [-0.2, 0) is 0 Å². The van der Waals surface area contributed by atoms with Gasteiger partial charge >= 0.3 is 0 Å². The summed E-state index contributed by atoms with van der Waals surface area (Å²) < 4.78 is 26.3. The maximum Gasteiger partial charge on any atom is 0.159 e. The SMILES string of the molecule is CC(c1ccc(F)c(F)c1)N1CCCC(C)(CO)C1. The van der Waals surface area contributed by atoms with Gasteiger partial charge in [0.1, 0.15) is 0 Å². The van der Waals surface area contributed by atoms with E-state index in [0.717, 1.165) is 31.5 Å². The van der Waals surface area contributed by atoms with E-state index >= 15 is 0 Å². The molecule has 2 nitrogen and oxygen atoms in total. The molecule has 4 heteroatoms. The van der Waals surface area contributed by atoms with E-state index in [1.165, 1.54) is 12.1 Å². The molecule has 1 heterocycles. The van der Waals surface area contributed by atoms with Crippen molar-refractivity contribution in [2.45, 2.75) is 32.7 Å². The van der Waals surface area contributed by atoms with E-state index in [1.807, 2.05) is 6.92 Å². The van der Waals surface area contributed by atoms with Crippen molar-refractivity contribution >= 4 is 0 Å². The van der Waals surface area contributed by atoms with Gasteiger partial charge in [-0.05, 0) is 44.0 Å². The second-order valence-corrected chi connectivity index (χ2v) is 5.89. The molecule has 0 saturated carbocycles. The highest BCUT2D eigenvalue weighted by Crippen LogP contribution is 2.33. The summed E-state index contributed by atoms with van der Waals surface area (Å²) in [6, 6.07) is 4.11. The molecule has 0 aliphatic carbocycles. The third-order valence-electron chi connectivity index (χ3n) is 4.17. The Hall–Kier alpha value is -1.00. The summed E-state index contributed by atoms with van der Waals surface area (Å²) >= 11 is 0. The Morgan fingerprint density at radius 2 is 2.11 bits per heavy atom. The van der Waals surface area contributed by atoms with Crippen LogP contribution in [0, 0.1) is 17.0 Å². The van der Waals surface area contributed by atoms with Crippen LogP contribution >= 0.6 is 0 Å². The van der Waals surface area contributed by atoms with Crippen LogP contribution in [0.25, 0.3) is 0 Å². The van der Waals surface area contributed by atoms with E-state index in [0.29, 0.717) is 0 Å². The third-order valence-corrected chi connectivity index (χ3v) is 4.17. The first kappa shape index (κ1) is 14.4. The third kappa shape index (κ3) is 3.12. The van der Waals surface area contributed by atoms with Crippen molar-refractivity contribution in [3.63, 3.8) is 0 Å². The number of benzene rings is 1. The molecule has 0 bridgehead atoms. The Bertz CT molecular complexity index is 452. The number of nitrogens with zero attached hydrogens (tertiary/aromatic N) is 1. The minimum Gasteiger partial charge on any atom is -0.396 e. The number of aliphatic hydroxyl groups is 1. The van der Waals surface area contributed by atoms with Gasteiger partial charge in [0.2, 0.25) is 0 Å². The highest BCUT2D eigenvalue weighted by atomic mass is 19.2. The van der Waals surface area contributed by atoms with Crippen molar-refractivity contribution in [2.75, 3.05) is 19.7 Å². The largest absolute Gasteiger partial charge is 0.396 e. The van der Waals surface area contributed by atoms with E-state index in [9.17, 15) is 13.9 Å². The first-order valence-electron chi connectivity index (χ1n) is 6.75. The van der Waals surface area contributed by atoms with Crippen LogP contribution in [0.15, 0.2) is 18.2 Å². The molecule has 0 spiro atoms. The van der Waals surface area contributed by atoms with Gasteiger partial charge in [0.15, 0.2) is 11.6 Å². The Morgan fingerprint density at radius 3 is 2.74 bits per heavy atom. The molecule has 1 N–H and O–H groups in total. The number of rotatable bonds is 3. The fourth-order valence-electron chi connectivity index (χ4n) is 2.80. The molecule has 2 rings (SSSR count). The van der Waals surface area contributed by atoms with Gasteiger partial charge in [-0.2, -0.15) is 0 Å². The van der Waals surface area contributed by atoms with Crippen molar-refractivity contribution < 1.29 is 13.9 Å². The average Bonchev–Trinajstić information content (AvgIpc) is 2.41. The molecule has 0 amide bonds. The van der Waals surface area contributed by atoms with Gasteiger partial charge in [-0.1, -0.05) is 13.0 Å². The highest BCUT2D eigenvalue weighted by molar-refractivity contribution is 5.21. The molecule has 1 aromatic carbocycles. The van der Waals surface area contributed by atoms with Crippen molar-refractivity contribution in [3.8, 4) is 0 Å². The van der Waals surface area contributed by atoms with E-state index < -0.39 is 11.6 Å². The molecule has 1 fully saturated rings. The predicted octanol–water partition coefficient (Wildman–Crippen LogP) is 3.12. The summed E-state index contributed by atoms with van der Waals surface area (Å²) in [4.78, 5) is 2.23. The summed E-state index contributed by atoms with van der Waals surface area (Å²) in [7, 11) is 0. The normalized spacial score (nSPS) is 26.4. The van der Waals surface area contributed by atoms with Gasteiger partial charge < -0.3 is 5.11 Å².